The third kappa shape index (κ3) is 2.20. The molecule has 0 saturated heterocycles. The first-order valence-corrected chi connectivity index (χ1v) is 7.10. The van der Waals surface area contributed by atoms with Gasteiger partial charge in [0.1, 0.15) is 16.2 Å². The van der Waals surface area contributed by atoms with Gasteiger partial charge >= 0.3 is 0 Å². The quantitative estimate of drug-likeness (QED) is 0.900. The van der Waals surface area contributed by atoms with Gasteiger partial charge < -0.3 is 10.1 Å². The van der Waals surface area contributed by atoms with E-state index in [2.05, 4.69) is 22.2 Å². The summed E-state index contributed by atoms with van der Waals surface area (Å²) in [5.74, 6) is 1.63. The van der Waals surface area contributed by atoms with Crippen molar-refractivity contribution in [3.63, 3.8) is 0 Å². The molecule has 0 aliphatic rings. The van der Waals surface area contributed by atoms with Gasteiger partial charge in [-0.2, -0.15) is 0 Å². The van der Waals surface area contributed by atoms with Crippen molar-refractivity contribution in [2.45, 2.75) is 32.8 Å². The predicted octanol–water partition coefficient (Wildman–Crippen LogP) is 3.39. The van der Waals surface area contributed by atoms with Crippen molar-refractivity contribution in [2.24, 2.45) is 0 Å². The molecule has 0 bridgehead atoms. The minimum Gasteiger partial charge on any atom is -0.372 e. The van der Waals surface area contributed by atoms with Crippen molar-refractivity contribution in [3.8, 4) is 0 Å². The standard InChI is InChI=1S/C13H19N3OS/c1-5-13(3,17-6-2)12-15-10(14-4)9-7-8-18-11(9)16-12/h7-8H,5-6H2,1-4H3,(H,14,15,16). The first kappa shape index (κ1) is 13.2. The highest BCUT2D eigenvalue weighted by molar-refractivity contribution is 7.16. The van der Waals surface area contributed by atoms with Gasteiger partial charge in [-0.05, 0) is 31.7 Å². The molecule has 5 heteroatoms. The molecular weight excluding hydrogens is 246 g/mol. The molecule has 1 unspecified atom stereocenters. The summed E-state index contributed by atoms with van der Waals surface area (Å²) in [6, 6.07) is 2.04. The zero-order valence-electron chi connectivity index (χ0n) is 11.3. The van der Waals surface area contributed by atoms with Crippen LogP contribution in [0, 0.1) is 0 Å². The Kier molecular flexibility index (Phi) is 3.82. The average Bonchev–Trinajstić information content (AvgIpc) is 2.85. The van der Waals surface area contributed by atoms with E-state index >= 15 is 0 Å². The fraction of sp³-hybridized carbons (Fsp3) is 0.538. The molecule has 0 spiro atoms. The Hall–Kier alpha value is -1.20. The molecule has 2 heterocycles. The molecule has 0 aromatic carbocycles. The van der Waals surface area contributed by atoms with E-state index in [1.165, 1.54) is 0 Å². The zero-order valence-corrected chi connectivity index (χ0v) is 12.1. The van der Waals surface area contributed by atoms with Crippen LogP contribution < -0.4 is 5.32 Å². The van der Waals surface area contributed by atoms with Crippen molar-refractivity contribution in [1.82, 2.24) is 9.97 Å². The van der Waals surface area contributed by atoms with Crippen LogP contribution in [0.15, 0.2) is 11.4 Å². The summed E-state index contributed by atoms with van der Waals surface area (Å²) in [5.41, 5.74) is -0.418. The minimum absolute atomic E-state index is 0.418. The SMILES string of the molecule is CCOC(C)(CC)c1nc(NC)c2ccsc2n1. The number of nitrogens with zero attached hydrogens (tertiary/aromatic N) is 2. The Morgan fingerprint density at radius 1 is 1.39 bits per heavy atom. The maximum absolute atomic E-state index is 5.84. The zero-order chi connectivity index (χ0) is 13.2. The highest BCUT2D eigenvalue weighted by Crippen LogP contribution is 2.31. The van der Waals surface area contributed by atoms with E-state index < -0.39 is 5.60 Å². The largest absolute Gasteiger partial charge is 0.372 e. The number of nitrogens with one attached hydrogen (secondary N) is 1. The van der Waals surface area contributed by atoms with E-state index in [0.29, 0.717) is 6.61 Å². The lowest BCUT2D eigenvalue weighted by atomic mass is 10.0. The van der Waals surface area contributed by atoms with Crippen molar-refractivity contribution in [3.05, 3.63) is 17.3 Å². The summed E-state index contributed by atoms with van der Waals surface area (Å²) < 4.78 is 5.84. The summed E-state index contributed by atoms with van der Waals surface area (Å²) >= 11 is 1.63. The second kappa shape index (κ2) is 5.20. The lowest BCUT2D eigenvalue weighted by Crippen LogP contribution is -2.28. The van der Waals surface area contributed by atoms with E-state index in [1.54, 1.807) is 11.3 Å². The second-order valence-corrected chi connectivity index (χ2v) is 5.20. The summed E-state index contributed by atoms with van der Waals surface area (Å²) in [6.45, 7) is 6.79. The monoisotopic (exact) mass is 265 g/mol. The first-order valence-electron chi connectivity index (χ1n) is 6.22. The fourth-order valence-corrected chi connectivity index (χ4v) is 2.69. The Morgan fingerprint density at radius 3 is 2.78 bits per heavy atom. The molecule has 1 atom stereocenters. The molecule has 4 nitrogen and oxygen atoms in total. The number of thiophene rings is 1. The van der Waals surface area contributed by atoms with Crippen LogP contribution in [0.4, 0.5) is 5.82 Å². The average molecular weight is 265 g/mol. The van der Waals surface area contributed by atoms with Crippen LogP contribution in [0.1, 0.15) is 33.0 Å². The molecule has 0 saturated carbocycles. The van der Waals surface area contributed by atoms with Gasteiger partial charge in [0.2, 0.25) is 0 Å². The third-order valence-corrected chi connectivity index (χ3v) is 3.98. The van der Waals surface area contributed by atoms with Gasteiger partial charge in [-0.15, -0.1) is 11.3 Å². The maximum Gasteiger partial charge on any atom is 0.163 e. The number of aromatic nitrogens is 2. The van der Waals surface area contributed by atoms with E-state index in [0.717, 1.165) is 28.3 Å². The molecule has 98 valence electrons. The number of rotatable bonds is 5. The van der Waals surface area contributed by atoms with Crippen LogP contribution in [0.2, 0.25) is 0 Å². The summed E-state index contributed by atoms with van der Waals surface area (Å²) in [7, 11) is 1.88. The molecule has 0 amide bonds. The highest BCUT2D eigenvalue weighted by atomic mass is 32.1. The molecular formula is C13H19N3OS. The van der Waals surface area contributed by atoms with Crippen molar-refractivity contribution < 1.29 is 4.74 Å². The van der Waals surface area contributed by atoms with Gasteiger partial charge in [0.25, 0.3) is 0 Å². The van der Waals surface area contributed by atoms with Crippen LogP contribution in [0.3, 0.4) is 0 Å². The topological polar surface area (TPSA) is 47.0 Å². The maximum atomic E-state index is 5.84. The van der Waals surface area contributed by atoms with E-state index in [9.17, 15) is 0 Å². The number of anilines is 1. The third-order valence-electron chi connectivity index (χ3n) is 3.17. The van der Waals surface area contributed by atoms with Gasteiger partial charge in [-0.25, -0.2) is 9.97 Å². The van der Waals surface area contributed by atoms with Crippen molar-refractivity contribution in [1.29, 1.82) is 0 Å². The Labute approximate surface area is 111 Å². The second-order valence-electron chi connectivity index (χ2n) is 4.30. The number of hydrogen-bond donors (Lipinski definition) is 1. The summed E-state index contributed by atoms with van der Waals surface area (Å²) in [5, 5.41) is 6.24. The summed E-state index contributed by atoms with van der Waals surface area (Å²) in [4.78, 5) is 10.3. The minimum atomic E-state index is -0.418. The van der Waals surface area contributed by atoms with Crippen LogP contribution in [-0.4, -0.2) is 23.6 Å². The number of fused-ring (bicyclic) bond motifs is 1. The van der Waals surface area contributed by atoms with Crippen molar-refractivity contribution >= 4 is 27.4 Å². The normalized spacial score (nSPS) is 14.7. The Balaban J connectivity index is 2.56. The molecule has 1 N–H and O–H groups in total. The Bertz CT molecular complexity index is 540. The van der Waals surface area contributed by atoms with E-state index in [4.69, 9.17) is 4.74 Å². The first-order chi connectivity index (χ1) is 8.64. The van der Waals surface area contributed by atoms with Gasteiger partial charge in [0, 0.05) is 13.7 Å². The van der Waals surface area contributed by atoms with Gasteiger partial charge in [0.15, 0.2) is 5.82 Å². The molecule has 2 rings (SSSR count). The smallest absolute Gasteiger partial charge is 0.163 e. The number of hydrogen-bond acceptors (Lipinski definition) is 5. The van der Waals surface area contributed by atoms with E-state index in [-0.39, 0.29) is 0 Å². The Morgan fingerprint density at radius 2 is 2.17 bits per heavy atom. The molecule has 0 aliphatic heterocycles. The van der Waals surface area contributed by atoms with Crippen LogP contribution in [0.25, 0.3) is 10.2 Å². The van der Waals surface area contributed by atoms with Gasteiger partial charge in [-0.3, -0.25) is 0 Å². The number of ether oxygens (including phenoxy) is 1. The van der Waals surface area contributed by atoms with Gasteiger partial charge in [-0.1, -0.05) is 6.92 Å². The molecule has 2 aromatic heterocycles. The van der Waals surface area contributed by atoms with Crippen molar-refractivity contribution in [2.75, 3.05) is 19.0 Å². The highest BCUT2D eigenvalue weighted by Gasteiger charge is 2.29. The fourth-order valence-electron chi connectivity index (χ4n) is 1.93. The molecule has 2 aromatic rings. The lowest BCUT2D eigenvalue weighted by Gasteiger charge is -2.26. The lowest BCUT2D eigenvalue weighted by molar-refractivity contribution is -0.0386. The van der Waals surface area contributed by atoms with Crippen LogP contribution >= 0.6 is 11.3 Å². The molecule has 0 aliphatic carbocycles. The summed E-state index contributed by atoms with van der Waals surface area (Å²) in [6.07, 6.45) is 0.848. The van der Waals surface area contributed by atoms with Crippen LogP contribution in [-0.2, 0) is 10.3 Å². The molecule has 0 fully saturated rings. The molecule has 18 heavy (non-hydrogen) atoms. The van der Waals surface area contributed by atoms with E-state index in [1.807, 2.05) is 32.3 Å². The van der Waals surface area contributed by atoms with Gasteiger partial charge in [0.05, 0.1) is 5.39 Å². The molecule has 0 radical (unpaired) electrons. The van der Waals surface area contributed by atoms with Crippen LogP contribution in [0.5, 0.6) is 0 Å². The predicted molar refractivity (Wildman–Crippen MR) is 76.2 cm³/mol.